The summed E-state index contributed by atoms with van der Waals surface area (Å²) in [6.07, 6.45) is -0.884. The molecular formula is C5H11NO3. The monoisotopic (exact) mass is 133 g/mol. The summed E-state index contributed by atoms with van der Waals surface area (Å²) >= 11 is 0. The maximum Gasteiger partial charge on any atom is 0.335 e. The quantitative estimate of drug-likeness (QED) is 0.531. The topological polar surface area (TPSA) is 72.5 Å². The predicted octanol–water partition coefficient (Wildman–Crippen LogP) is -0.0141. The van der Waals surface area contributed by atoms with E-state index in [9.17, 15) is 4.79 Å². The van der Waals surface area contributed by atoms with Gasteiger partial charge in [0.1, 0.15) is 0 Å². The van der Waals surface area contributed by atoms with Crippen LogP contribution in [0.4, 0.5) is 0 Å². The van der Waals surface area contributed by atoms with Crippen LogP contribution in [0.5, 0.6) is 0 Å². The van der Waals surface area contributed by atoms with E-state index < -0.39 is 12.1 Å². The van der Waals surface area contributed by atoms with Crippen molar-refractivity contribution in [3.05, 3.63) is 0 Å². The van der Waals surface area contributed by atoms with Crippen LogP contribution >= 0.6 is 0 Å². The van der Waals surface area contributed by atoms with E-state index in [0.29, 0.717) is 0 Å². The highest BCUT2D eigenvalue weighted by molar-refractivity contribution is 5.72. The lowest BCUT2D eigenvalue weighted by molar-refractivity contribution is -0.153. The van der Waals surface area contributed by atoms with Crippen molar-refractivity contribution in [1.82, 2.24) is 0 Å². The molecule has 0 rings (SSSR count). The summed E-state index contributed by atoms with van der Waals surface area (Å²) in [5.74, 6) is 3.58. The van der Waals surface area contributed by atoms with Crippen LogP contribution in [0.25, 0.3) is 0 Å². The van der Waals surface area contributed by atoms with Gasteiger partial charge in [-0.3, -0.25) is 4.84 Å². The SMILES string of the molecule is CC(C)C(ON)C(=O)O. The highest BCUT2D eigenvalue weighted by atomic mass is 16.6. The number of hydrogen-bond acceptors (Lipinski definition) is 3. The van der Waals surface area contributed by atoms with Crippen molar-refractivity contribution in [1.29, 1.82) is 0 Å². The molecule has 3 N–H and O–H groups in total. The zero-order chi connectivity index (χ0) is 7.44. The van der Waals surface area contributed by atoms with Gasteiger partial charge < -0.3 is 5.11 Å². The maximum atomic E-state index is 10.2. The first-order valence-electron chi connectivity index (χ1n) is 2.68. The molecule has 1 atom stereocenters. The van der Waals surface area contributed by atoms with Gasteiger partial charge in [-0.15, -0.1) is 0 Å². The van der Waals surface area contributed by atoms with Crippen LogP contribution in [0, 0.1) is 5.92 Å². The molecule has 0 aliphatic heterocycles. The van der Waals surface area contributed by atoms with Crippen LogP contribution in [0.1, 0.15) is 13.8 Å². The molecule has 0 saturated heterocycles. The molecule has 0 fully saturated rings. The Morgan fingerprint density at radius 3 is 2.11 bits per heavy atom. The molecule has 4 nitrogen and oxygen atoms in total. The Hall–Kier alpha value is -0.610. The fourth-order valence-electron chi connectivity index (χ4n) is 0.500. The van der Waals surface area contributed by atoms with Gasteiger partial charge in [0, 0.05) is 0 Å². The minimum atomic E-state index is -1.02. The largest absolute Gasteiger partial charge is 0.479 e. The third kappa shape index (κ3) is 2.43. The minimum Gasteiger partial charge on any atom is -0.479 e. The Balaban J connectivity index is 3.83. The van der Waals surface area contributed by atoms with E-state index in [1.165, 1.54) is 0 Å². The molecule has 0 aliphatic carbocycles. The van der Waals surface area contributed by atoms with Gasteiger partial charge in [0.15, 0.2) is 6.10 Å². The molecule has 0 amide bonds. The molecule has 0 aliphatic rings. The second-order valence-electron chi connectivity index (χ2n) is 2.14. The normalized spacial score (nSPS) is 13.8. The first kappa shape index (κ1) is 8.39. The standard InChI is InChI=1S/C5H11NO3/c1-3(2)4(9-6)5(7)8/h3-4H,6H2,1-2H3,(H,7,8). The van der Waals surface area contributed by atoms with E-state index in [0.717, 1.165) is 0 Å². The van der Waals surface area contributed by atoms with Crippen LogP contribution in [0.3, 0.4) is 0 Å². The van der Waals surface area contributed by atoms with E-state index in [2.05, 4.69) is 4.84 Å². The van der Waals surface area contributed by atoms with Crippen LogP contribution in [-0.4, -0.2) is 17.2 Å². The summed E-state index contributed by atoms with van der Waals surface area (Å²) in [6.45, 7) is 3.46. The van der Waals surface area contributed by atoms with E-state index >= 15 is 0 Å². The molecule has 1 unspecified atom stereocenters. The number of carbonyl (C=O) groups is 1. The maximum absolute atomic E-state index is 10.2. The number of hydrogen-bond donors (Lipinski definition) is 2. The highest BCUT2D eigenvalue weighted by Crippen LogP contribution is 2.02. The summed E-state index contributed by atoms with van der Waals surface area (Å²) in [7, 11) is 0. The number of aliphatic carboxylic acids is 1. The van der Waals surface area contributed by atoms with Gasteiger partial charge in [-0.05, 0) is 5.92 Å². The molecule has 0 aromatic heterocycles. The second kappa shape index (κ2) is 3.42. The van der Waals surface area contributed by atoms with Crippen LogP contribution < -0.4 is 5.90 Å². The summed E-state index contributed by atoms with van der Waals surface area (Å²) in [5, 5.41) is 8.34. The first-order chi connectivity index (χ1) is 4.09. The summed E-state index contributed by atoms with van der Waals surface area (Å²) in [6, 6.07) is 0. The van der Waals surface area contributed by atoms with Crippen molar-refractivity contribution < 1.29 is 14.7 Å². The molecule has 0 radical (unpaired) electrons. The molecule has 4 heteroatoms. The Morgan fingerprint density at radius 2 is 2.11 bits per heavy atom. The molecule has 0 saturated carbocycles. The number of nitrogens with two attached hydrogens (primary N) is 1. The van der Waals surface area contributed by atoms with Gasteiger partial charge in [-0.2, -0.15) is 0 Å². The van der Waals surface area contributed by atoms with Crippen molar-refractivity contribution in [3.63, 3.8) is 0 Å². The molecule has 9 heavy (non-hydrogen) atoms. The Bertz CT molecular complexity index is 102. The lowest BCUT2D eigenvalue weighted by Crippen LogP contribution is -2.31. The molecule has 0 heterocycles. The lowest BCUT2D eigenvalue weighted by atomic mass is 10.1. The van der Waals surface area contributed by atoms with Crippen molar-refractivity contribution >= 4 is 5.97 Å². The average Bonchev–Trinajstić information content (AvgIpc) is 1.64. The van der Waals surface area contributed by atoms with Crippen LogP contribution in [0.15, 0.2) is 0 Å². The second-order valence-corrected chi connectivity index (χ2v) is 2.14. The minimum absolute atomic E-state index is 0.0903. The lowest BCUT2D eigenvalue weighted by Gasteiger charge is -2.11. The van der Waals surface area contributed by atoms with Gasteiger partial charge in [0.25, 0.3) is 0 Å². The third-order valence-corrected chi connectivity index (χ3v) is 0.996. The summed E-state index contributed by atoms with van der Waals surface area (Å²) in [5.41, 5.74) is 0. The van der Waals surface area contributed by atoms with E-state index in [4.69, 9.17) is 11.0 Å². The van der Waals surface area contributed by atoms with Crippen molar-refractivity contribution in [3.8, 4) is 0 Å². The zero-order valence-electron chi connectivity index (χ0n) is 5.50. The summed E-state index contributed by atoms with van der Waals surface area (Å²) in [4.78, 5) is 14.3. The van der Waals surface area contributed by atoms with Crippen molar-refractivity contribution in [2.45, 2.75) is 20.0 Å². The fourth-order valence-corrected chi connectivity index (χ4v) is 0.500. The average molecular weight is 133 g/mol. The molecule has 0 aromatic rings. The third-order valence-electron chi connectivity index (χ3n) is 0.996. The first-order valence-corrected chi connectivity index (χ1v) is 2.68. The van der Waals surface area contributed by atoms with E-state index in [1.54, 1.807) is 13.8 Å². The Morgan fingerprint density at radius 1 is 1.67 bits per heavy atom. The molecule has 0 aromatic carbocycles. The Kier molecular flexibility index (Phi) is 3.19. The van der Waals surface area contributed by atoms with Gasteiger partial charge in [-0.25, -0.2) is 10.7 Å². The van der Waals surface area contributed by atoms with Gasteiger partial charge in [0.2, 0.25) is 0 Å². The number of carboxylic acid groups (broad SMARTS) is 1. The van der Waals surface area contributed by atoms with E-state index in [-0.39, 0.29) is 5.92 Å². The van der Waals surface area contributed by atoms with Crippen LogP contribution in [-0.2, 0) is 9.63 Å². The van der Waals surface area contributed by atoms with Gasteiger partial charge in [0.05, 0.1) is 0 Å². The zero-order valence-corrected chi connectivity index (χ0v) is 5.50. The highest BCUT2D eigenvalue weighted by Gasteiger charge is 2.20. The van der Waals surface area contributed by atoms with Crippen LogP contribution in [0.2, 0.25) is 0 Å². The molecule has 54 valence electrons. The molecule has 0 bridgehead atoms. The van der Waals surface area contributed by atoms with Crippen molar-refractivity contribution in [2.75, 3.05) is 0 Å². The van der Waals surface area contributed by atoms with E-state index in [1.807, 2.05) is 0 Å². The number of carboxylic acids is 1. The molecular weight excluding hydrogens is 122 g/mol. The number of rotatable bonds is 3. The van der Waals surface area contributed by atoms with Crippen molar-refractivity contribution in [2.24, 2.45) is 11.8 Å². The molecule has 0 spiro atoms. The predicted molar refractivity (Wildman–Crippen MR) is 31.5 cm³/mol. The fraction of sp³-hybridized carbons (Fsp3) is 0.800. The van der Waals surface area contributed by atoms with Gasteiger partial charge >= 0.3 is 5.97 Å². The smallest absolute Gasteiger partial charge is 0.335 e. The summed E-state index contributed by atoms with van der Waals surface area (Å²) < 4.78 is 0. The van der Waals surface area contributed by atoms with Gasteiger partial charge in [-0.1, -0.05) is 13.8 Å². The Labute approximate surface area is 53.6 Å².